The smallest absolute Gasteiger partial charge is 0.233 e. The van der Waals surface area contributed by atoms with Gasteiger partial charge in [0, 0.05) is 19.0 Å². The van der Waals surface area contributed by atoms with Crippen molar-refractivity contribution < 1.29 is 18.4 Å². The SMILES string of the molecule is O=C(NCc1ccco1)C1CCN(C(=O)C2(c3cccc(F)c3)CCCCC2)CC1. The van der Waals surface area contributed by atoms with E-state index in [1.807, 2.05) is 17.0 Å². The number of nitrogens with zero attached hydrogens (tertiary/aromatic N) is 1. The van der Waals surface area contributed by atoms with Gasteiger partial charge in [0.15, 0.2) is 0 Å². The highest BCUT2D eigenvalue weighted by Gasteiger charge is 2.44. The van der Waals surface area contributed by atoms with Gasteiger partial charge in [-0.2, -0.15) is 0 Å². The number of benzene rings is 1. The third-order valence-electron chi connectivity index (χ3n) is 6.66. The van der Waals surface area contributed by atoms with Crippen LogP contribution in [0.25, 0.3) is 0 Å². The molecule has 1 aromatic heterocycles. The van der Waals surface area contributed by atoms with E-state index in [-0.39, 0.29) is 23.5 Å². The largest absolute Gasteiger partial charge is 0.467 e. The predicted octanol–water partition coefficient (Wildman–Crippen LogP) is 4.18. The minimum Gasteiger partial charge on any atom is -0.467 e. The molecule has 0 radical (unpaired) electrons. The molecule has 2 heterocycles. The van der Waals surface area contributed by atoms with Gasteiger partial charge in [0.2, 0.25) is 11.8 Å². The third-order valence-corrected chi connectivity index (χ3v) is 6.66. The molecule has 1 saturated heterocycles. The average Bonchev–Trinajstić information content (AvgIpc) is 3.31. The van der Waals surface area contributed by atoms with Crippen LogP contribution in [0.3, 0.4) is 0 Å². The Balaban J connectivity index is 1.40. The number of rotatable bonds is 5. The molecule has 1 aliphatic carbocycles. The number of furan rings is 1. The van der Waals surface area contributed by atoms with Crippen LogP contribution in [0.4, 0.5) is 4.39 Å². The molecule has 160 valence electrons. The Morgan fingerprint density at radius 3 is 2.53 bits per heavy atom. The lowest BCUT2D eigenvalue weighted by Crippen LogP contribution is -2.51. The second kappa shape index (κ2) is 9.02. The summed E-state index contributed by atoms with van der Waals surface area (Å²) in [7, 11) is 0. The lowest BCUT2D eigenvalue weighted by molar-refractivity contribution is -0.142. The van der Waals surface area contributed by atoms with Crippen LogP contribution >= 0.6 is 0 Å². The summed E-state index contributed by atoms with van der Waals surface area (Å²) in [6.07, 6.45) is 7.48. The molecule has 1 aromatic carbocycles. The number of amides is 2. The zero-order chi connectivity index (χ0) is 21.0. The number of carbonyl (C=O) groups is 2. The Morgan fingerprint density at radius 2 is 1.87 bits per heavy atom. The topological polar surface area (TPSA) is 62.6 Å². The first-order valence-electron chi connectivity index (χ1n) is 10.9. The van der Waals surface area contributed by atoms with Crippen LogP contribution in [0, 0.1) is 11.7 Å². The van der Waals surface area contributed by atoms with E-state index >= 15 is 0 Å². The molecule has 0 bridgehead atoms. The minimum atomic E-state index is -0.630. The molecule has 2 aromatic rings. The summed E-state index contributed by atoms with van der Waals surface area (Å²) in [5.41, 5.74) is 0.167. The van der Waals surface area contributed by atoms with Gasteiger partial charge in [-0.25, -0.2) is 4.39 Å². The second-order valence-corrected chi connectivity index (χ2v) is 8.52. The first-order valence-corrected chi connectivity index (χ1v) is 10.9. The molecule has 2 amide bonds. The minimum absolute atomic E-state index is 0.0102. The van der Waals surface area contributed by atoms with Crippen LogP contribution < -0.4 is 5.32 Å². The maximum absolute atomic E-state index is 13.9. The van der Waals surface area contributed by atoms with Crippen molar-refractivity contribution in [2.24, 2.45) is 5.92 Å². The van der Waals surface area contributed by atoms with Crippen molar-refractivity contribution in [3.05, 3.63) is 59.8 Å². The van der Waals surface area contributed by atoms with Crippen LogP contribution in [-0.2, 0) is 21.5 Å². The van der Waals surface area contributed by atoms with Crippen molar-refractivity contribution in [2.45, 2.75) is 56.9 Å². The monoisotopic (exact) mass is 412 g/mol. The fraction of sp³-hybridized carbons (Fsp3) is 0.500. The molecule has 2 aliphatic rings. The summed E-state index contributed by atoms with van der Waals surface area (Å²) in [6, 6.07) is 10.2. The molecule has 4 rings (SSSR count). The summed E-state index contributed by atoms with van der Waals surface area (Å²) in [4.78, 5) is 28.0. The Labute approximate surface area is 176 Å². The van der Waals surface area contributed by atoms with Crippen LogP contribution in [-0.4, -0.2) is 29.8 Å². The third kappa shape index (κ3) is 4.27. The Kier molecular flexibility index (Phi) is 6.21. The zero-order valence-corrected chi connectivity index (χ0v) is 17.2. The fourth-order valence-electron chi connectivity index (χ4n) is 4.95. The first-order chi connectivity index (χ1) is 14.6. The molecule has 0 atom stereocenters. The summed E-state index contributed by atoms with van der Waals surface area (Å²) >= 11 is 0. The highest BCUT2D eigenvalue weighted by Crippen LogP contribution is 2.42. The normalized spacial score (nSPS) is 19.4. The predicted molar refractivity (Wildman–Crippen MR) is 111 cm³/mol. The van der Waals surface area contributed by atoms with Crippen LogP contribution in [0.1, 0.15) is 56.3 Å². The molecule has 0 unspecified atom stereocenters. The van der Waals surface area contributed by atoms with Gasteiger partial charge in [-0.15, -0.1) is 0 Å². The number of hydrogen-bond acceptors (Lipinski definition) is 3. The van der Waals surface area contributed by atoms with Crippen molar-refractivity contribution in [3.8, 4) is 0 Å². The maximum atomic E-state index is 13.9. The summed E-state index contributed by atoms with van der Waals surface area (Å²) in [5, 5.41) is 2.92. The molecule has 5 nitrogen and oxygen atoms in total. The number of halogens is 1. The second-order valence-electron chi connectivity index (χ2n) is 8.52. The van der Waals surface area contributed by atoms with Crippen molar-refractivity contribution in [3.63, 3.8) is 0 Å². The quantitative estimate of drug-likeness (QED) is 0.802. The van der Waals surface area contributed by atoms with Gasteiger partial charge in [0.25, 0.3) is 0 Å². The fourth-order valence-corrected chi connectivity index (χ4v) is 4.95. The van der Waals surface area contributed by atoms with Crippen molar-refractivity contribution in [2.75, 3.05) is 13.1 Å². The van der Waals surface area contributed by atoms with Crippen molar-refractivity contribution in [1.29, 1.82) is 0 Å². The number of hydrogen-bond donors (Lipinski definition) is 1. The number of nitrogens with one attached hydrogen (secondary N) is 1. The van der Waals surface area contributed by atoms with E-state index in [2.05, 4.69) is 5.32 Å². The summed E-state index contributed by atoms with van der Waals surface area (Å²) in [5.74, 6) is 0.446. The Bertz CT molecular complexity index is 866. The van der Waals surface area contributed by atoms with Gasteiger partial charge in [0.05, 0.1) is 18.2 Å². The standard InChI is InChI=1S/C24H29FN2O3/c25-20-7-4-6-19(16-20)24(11-2-1-3-12-24)23(29)27-13-9-18(10-14-27)22(28)26-17-21-8-5-15-30-21/h4-8,15-16,18H,1-3,9-14,17H2,(H,26,28). The lowest BCUT2D eigenvalue weighted by Gasteiger charge is -2.42. The molecule has 30 heavy (non-hydrogen) atoms. The number of likely N-dealkylation sites (tertiary alicyclic amines) is 1. The zero-order valence-electron chi connectivity index (χ0n) is 17.2. The molecular weight excluding hydrogens is 383 g/mol. The lowest BCUT2D eigenvalue weighted by atomic mass is 9.68. The highest BCUT2D eigenvalue weighted by atomic mass is 19.1. The van der Waals surface area contributed by atoms with Crippen LogP contribution in [0.2, 0.25) is 0 Å². The number of piperidine rings is 1. The van der Waals surface area contributed by atoms with Gasteiger partial charge in [-0.05, 0) is 55.5 Å². The van der Waals surface area contributed by atoms with Crippen LogP contribution in [0.5, 0.6) is 0 Å². The van der Waals surface area contributed by atoms with E-state index < -0.39 is 5.41 Å². The van der Waals surface area contributed by atoms with Gasteiger partial charge in [-0.1, -0.05) is 31.4 Å². The molecule has 1 N–H and O–H groups in total. The van der Waals surface area contributed by atoms with E-state index in [9.17, 15) is 14.0 Å². The van der Waals surface area contributed by atoms with E-state index in [0.29, 0.717) is 32.5 Å². The first kappa shape index (κ1) is 20.6. The molecule has 1 aliphatic heterocycles. The van der Waals surface area contributed by atoms with Crippen molar-refractivity contribution >= 4 is 11.8 Å². The number of carbonyl (C=O) groups excluding carboxylic acids is 2. The van der Waals surface area contributed by atoms with E-state index in [1.54, 1.807) is 18.4 Å². The highest BCUT2D eigenvalue weighted by molar-refractivity contribution is 5.89. The molecule has 1 saturated carbocycles. The Hall–Kier alpha value is -2.63. The maximum Gasteiger partial charge on any atom is 0.233 e. The molecular formula is C24H29FN2O3. The van der Waals surface area contributed by atoms with E-state index in [0.717, 1.165) is 43.4 Å². The van der Waals surface area contributed by atoms with Gasteiger partial charge in [-0.3, -0.25) is 9.59 Å². The van der Waals surface area contributed by atoms with Crippen molar-refractivity contribution in [1.82, 2.24) is 10.2 Å². The van der Waals surface area contributed by atoms with Crippen LogP contribution in [0.15, 0.2) is 47.1 Å². The molecule has 0 spiro atoms. The molecule has 2 fully saturated rings. The Morgan fingerprint density at radius 1 is 1.10 bits per heavy atom. The van der Waals surface area contributed by atoms with Gasteiger partial charge >= 0.3 is 0 Å². The summed E-state index contributed by atoms with van der Waals surface area (Å²) in [6.45, 7) is 1.51. The summed E-state index contributed by atoms with van der Waals surface area (Å²) < 4.78 is 19.2. The van der Waals surface area contributed by atoms with E-state index in [1.165, 1.54) is 12.1 Å². The van der Waals surface area contributed by atoms with Gasteiger partial charge in [0.1, 0.15) is 11.6 Å². The van der Waals surface area contributed by atoms with E-state index in [4.69, 9.17) is 4.42 Å². The van der Waals surface area contributed by atoms with Gasteiger partial charge < -0.3 is 14.6 Å². The average molecular weight is 413 g/mol. The molecule has 6 heteroatoms.